The van der Waals surface area contributed by atoms with Crippen molar-refractivity contribution in [2.75, 3.05) is 33.7 Å². The number of piperidine rings is 1. The van der Waals surface area contributed by atoms with Crippen molar-refractivity contribution in [2.24, 2.45) is 0 Å². The molecule has 1 saturated heterocycles. The highest BCUT2D eigenvalue weighted by Gasteiger charge is 2.26. The predicted octanol–water partition coefficient (Wildman–Crippen LogP) is 2.96. The van der Waals surface area contributed by atoms with E-state index in [1.54, 1.807) is 23.5 Å². The van der Waals surface area contributed by atoms with Crippen LogP contribution in [0.25, 0.3) is 0 Å². The summed E-state index contributed by atoms with van der Waals surface area (Å²) in [6, 6.07) is 10.4. The van der Waals surface area contributed by atoms with Gasteiger partial charge in [0.05, 0.1) is 10.9 Å². The van der Waals surface area contributed by atoms with Gasteiger partial charge in [0.2, 0.25) is 10.0 Å². The Morgan fingerprint density at radius 3 is 2.39 bits per heavy atom. The van der Waals surface area contributed by atoms with Crippen LogP contribution in [0.4, 0.5) is 0 Å². The van der Waals surface area contributed by atoms with E-state index in [-0.39, 0.29) is 16.8 Å². The van der Waals surface area contributed by atoms with E-state index in [0.29, 0.717) is 25.2 Å². The standard InChI is InChI=1S/C20H27N3O3S2/c1-22(2)18(19-7-6-14-27-19)15-21-20(24)16-8-10-17(11-9-16)28(25,26)23-12-4-3-5-13-23/h6-11,14,18H,3-5,12-13,15H2,1-2H3,(H,21,24)/t18-/m0/s1. The van der Waals surface area contributed by atoms with Gasteiger partial charge in [-0.05, 0) is 62.6 Å². The van der Waals surface area contributed by atoms with Crippen LogP contribution in [0.3, 0.4) is 0 Å². The molecule has 1 fully saturated rings. The summed E-state index contributed by atoms with van der Waals surface area (Å²) in [7, 11) is 0.491. The molecule has 1 amide bonds. The van der Waals surface area contributed by atoms with Crippen molar-refractivity contribution in [1.29, 1.82) is 0 Å². The van der Waals surface area contributed by atoms with Gasteiger partial charge >= 0.3 is 0 Å². The molecule has 1 atom stereocenters. The van der Waals surface area contributed by atoms with Crippen LogP contribution in [0, 0.1) is 0 Å². The van der Waals surface area contributed by atoms with Gasteiger partial charge in [0.15, 0.2) is 0 Å². The Labute approximate surface area is 171 Å². The summed E-state index contributed by atoms with van der Waals surface area (Å²) in [4.78, 5) is 16.0. The number of thiophene rings is 1. The van der Waals surface area contributed by atoms with Crippen molar-refractivity contribution in [3.63, 3.8) is 0 Å². The molecule has 0 spiro atoms. The average Bonchev–Trinajstić information content (AvgIpc) is 3.23. The molecule has 0 aliphatic carbocycles. The zero-order valence-corrected chi connectivity index (χ0v) is 17.9. The van der Waals surface area contributed by atoms with Crippen LogP contribution in [-0.4, -0.2) is 57.3 Å². The molecule has 0 unspecified atom stereocenters. The third kappa shape index (κ3) is 4.81. The third-order valence-corrected chi connectivity index (χ3v) is 7.91. The summed E-state index contributed by atoms with van der Waals surface area (Å²) in [6.07, 6.45) is 2.87. The molecular formula is C20H27N3O3S2. The maximum atomic E-state index is 12.7. The minimum absolute atomic E-state index is 0.0997. The summed E-state index contributed by atoms with van der Waals surface area (Å²) < 4.78 is 27.0. The number of likely N-dealkylation sites (N-methyl/N-ethyl adjacent to an activating group) is 1. The summed E-state index contributed by atoms with van der Waals surface area (Å²) in [5.41, 5.74) is 0.460. The molecule has 1 N–H and O–H groups in total. The number of hydrogen-bond acceptors (Lipinski definition) is 5. The monoisotopic (exact) mass is 421 g/mol. The van der Waals surface area contributed by atoms with Crippen LogP contribution in [0.1, 0.15) is 40.5 Å². The average molecular weight is 422 g/mol. The molecule has 2 heterocycles. The fourth-order valence-corrected chi connectivity index (χ4v) is 5.78. The largest absolute Gasteiger partial charge is 0.350 e. The van der Waals surface area contributed by atoms with Crippen molar-refractivity contribution in [2.45, 2.75) is 30.2 Å². The normalized spacial score (nSPS) is 16.8. The minimum atomic E-state index is -3.47. The van der Waals surface area contributed by atoms with Crippen LogP contribution in [0.5, 0.6) is 0 Å². The van der Waals surface area contributed by atoms with E-state index in [1.807, 2.05) is 25.5 Å². The lowest BCUT2D eigenvalue weighted by molar-refractivity contribution is 0.0942. The molecule has 1 aromatic heterocycles. The number of hydrogen-bond donors (Lipinski definition) is 1. The maximum absolute atomic E-state index is 12.7. The van der Waals surface area contributed by atoms with Gasteiger partial charge in [-0.3, -0.25) is 4.79 Å². The highest BCUT2D eigenvalue weighted by molar-refractivity contribution is 7.89. The minimum Gasteiger partial charge on any atom is -0.350 e. The number of rotatable bonds is 7. The van der Waals surface area contributed by atoms with Gasteiger partial charge in [-0.15, -0.1) is 11.3 Å². The Balaban J connectivity index is 1.65. The van der Waals surface area contributed by atoms with E-state index >= 15 is 0 Å². The number of carbonyl (C=O) groups is 1. The Bertz CT molecular complexity index is 872. The molecule has 3 rings (SSSR count). The van der Waals surface area contributed by atoms with Crippen molar-refractivity contribution in [3.8, 4) is 0 Å². The van der Waals surface area contributed by atoms with Gasteiger partial charge in [0, 0.05) is 30.1 Å². The van der Waals surface area contributed by atoms with E-state index in [9.17, 15) is 13.2 Å². The summed E-state index contributed by atoms with van der Waals surface area (Å²) in [6.45, 7) is 1.62. The van der Waals surface area contributed by atoms with Crippen LogP contribution in [0.2, 0.25) is 0 Å². The molecule has 152 valence electrons. The summed E-state index contributed by atoms with van der Waals surface area (Å²) >= 11 is 1.66. The molecule has 2 aromatic rings. The summed E-state index contributed by atoms with van der Waals surface area (Å²) in [5.74, 6) is -0.203. The molecule has 8 heteroatoms. The number of benzene rings is 1. The Kier molecular flexibility index (Phi) is 6.87. The quantitative estimate of drug-likeness (QED) is 0.746. The van der Waals surface area contributed by atoms with Crippen molar-refractivity contribution in [1.82, 2.24) is 14.5 Å². The molecule has 0 saturated carbocycles. The lowest BCUT2D eigenvalue weighted by Crippen LogP contribution is -2.35. The van der Waals surface area contributed by atoms with Crippen LogP contribution >= 0.6 is 11.3 Å². The lowest BCUT2D eigenvalue weighted by Gasteiger charge is -2.26. The van der Waals surface area contributed by atoms with Crippen molar-refractivity contribution in [3.05, 3.63) is 52.2 Å². The fourth-order valence-electron chi connectivity index (χ4n) is 3.34. The number of amides is 1. The van der Waals surface area contributed by atoms with E-state index in [4.69, 9.17) is 0 Å². The predicted molar refractivity (Wildman–Crippen MR) is 112 cm³/mol. The second-order valence-electron chi connectivity index (χ2n) is 7.19. The summed E-state index contributed by atoms with van der Waals surface area (Å²) in [5, 5.41) is 4.98. The Hall–Kier alpha value is -1.74. The second kappa shape index (κ2) is 9.17. The molecule has 1 aliphatic rings. The third-order valence-electron chi connectivity index (χ3n) is 5.02. The smallest absolute Gasteiger partial charge is 0.251 e. The van der Waals surface area contributed by atoms with Gasteiger partial charge in [0.1, 0.15) is 0 Å². The maximum Gasteiger partial charge on any atom is 0.251 e. The first-order valence-electron chi connectivity index (χ1n) is 9.48. The number of carbonyl (C=O) groups excluding carboxylic acids is 1. The molecular weight excluding hydrogens is 394 g/mol. The molecule has 28 heavy (non-hydrogen) atoms. The van der Waals surface area contributed by atoms with Gasteiger partial charge in [-0.2, -0.15) is 4.31 Å². The number of sulfonamides is 1. The highest BCUT2D eigenvalue weighted by Crippen LogP contribution is 2.23. The lowest BCUT2D eigenvalue weighted by atomic mass is 10.2. The molecule has 0 radical (unpaired) electrons. The van der Waals surface area contributed by atoms with Crippen molar-refractivity contribution < 1.29 is 13.2 Å². The zero-order chi connectivity index (χ0) is 20.1. The first-order chi connectivity index (χ1) is 13.4. The molecule has 6 nitrogen and oxygen atoms in total. The van der Waals surface area contributed by atoms with Crippen LogP contribution < -0.4 is 5.32 Å². The molecule has 1 aromatic carbocycles. The second-order valence-corrected chi connectivity index (χ2v) is 10.1. The van der Waals surface area contributed by atoms with E-state index < -0.39 is 10.0 Å². The fraction of sp³-hybridized carbons (Fsp3) is 0.450. The first-order valence-corrected chi connectivity index (χ1v) is 11.8. The van der Waals surface area contributed by atoms with E-state index in [2.05, 4.69) is 16.3 Å². The SMILES string of the molecule is CN(C)[C@@H](CNC(=O)c1ccc(S(=O)(=O)N2CCCCC2)cc1)c1cccs1. The van der Waals surface area contributed by atoms with Gasteiger partial charge in [0.25, 0.3) is 5.91 Å². The van der Waals surface area contributed by atoms with Crippen LogP contribution in [0.15, 0.2) is 46.7 Å². The Morgan fingerprint density at radius 2 is 1.82 bits per heavy atom. The van der Waals surface area contributed by atoms with E-state index in [1.165, 1.54) is 21.3 Å². The van der Waals surface area contributed by atoms with Gasteiger partial charge in [-0.1, -0.05) is 12.5 Å². The number of nitrogens with one attached hydrogen (secondary N) is 1. The molecule has 0 bridgehead atoms. The molecule has 1 aliphatic heterocycles. The van der Waals surface area contributed by atoms with Gasteiger partial charge in [-0.25, -0.2) is 8.42 Å². The highest BCUT2D eigenvalue weighted by atomic mass is 32.2. The van der Waals surface area contributed by atoms with E-state index in [0.717, 1.165) is 19.3 Å². The van der Waals surface area contributed by atoms with Gasteiger partial charge < -0.3 is 10.2 Å². The Morgan fingerprint density at radius 1 is 1.14 bits per heavy atom. The zero-order valence-electron chi connectivity index (χ0n) is 16.3. The number of nitrogens with zero attached hydrogens (tertiary/aromatic N) is 2. The van der Waals surface area contributed by atoms with Crippen molar-refractivity contribution >= 4 is 27.3 Å². The van der Waals surface area contributed by atoms with Crippen LogP contribution in [-0.2, 0) is 10.0 Å². The topological polar surface area (TPSA) is 69.7 Å². The first kappa shape index (κ1) is 21.0.